The number of aromatic nitrogens is 1. The van der Waals surface area contributed by atoms with E-state index in [2.05, 4.69) is 67.9 Å². The summed E-state index contributed by atoms with van der Waals surface area (Å²) in [7, 11) is 2.22. The van der Waals surface area contributed by atoms with E-state index in [1.807, 2.05) is 0 Å². The minimum atomic E-state index is 0.794. The lowest BCUT2D eigenvalue weighted by Gasteiger charge is -2.25. The Bertz CT molecular complexity index is 1030. The number of nitrogens with zero attached hydrogens (tertiary/aromatic N) is 1. The molecule has 1 nitrogen and oxygen atoms in total. The van der Waals surface area contributed by atoms with Crippen molar-refractivity contribution in [2.24, 2.45) is 13.0 Å². The average Bonchev–Trinajstić information content (AvgIpc) is 3.09. The zero-order chi connectivity index (χ0) is 17.1. The summed E-state index contributed by atoms with van der Waals surface area (Å²) < 4.78 is 2.40. The molecule has 1 unspecified atom stereocenters. The largest absolute Gasteiger partial charge is 0.347 e. The second-order valence-corrected chi connectivity index (χ2v) is 8.02. The highest BCUT2D eigenvalue weighted by Gasteiger charge is 2.29. The molecule has 0 N–H and O–H groups in total. The lowest BCUT2D eigenvalue weighted by molar-refractivity contribution is 0.500. The van der Waals surface area contributed by atoms with Crippen molar-refractivity contribution in [1.82, 2.24) is 4.57 Å². The highest BCUT2D eigenvalue weighted by molar-refractivity contribution is 6.02. The van der Waals surface area contributed by atoms with E-state index < -0.39 is 0 Å². The molecule has 1 atom stereocenters. The van der Waals surface area contributed by atoms with Gasteiger partial charge in [-0.15, -0.1) is 0 Å². The van der Waals surface area contributed by atoms with E-state index >= 15 is 0 Å². The minimum absolute atomic E-state index is 0.794. The van der Waals surface area contributed by atoms with Crippen molar-refractivity contribution in [2.45, 2.75) is 39.5 Å². The number of hydrogen-bond donors (Lipinski definition) is 0. The predicted molar refractivity (Wildman–Crippen MR) is 106 cm³/mol. The second-order valence-electron chi connectivity index (χ2n) is 8.02. The summed E-state index contributed by atoms with van der Waals surface area (Å²) in [6.45, 7) is 4.73. The van der Waals surface area contributed by atoms with E-state index in [-0.39, 0.29) is 0 Å². The highest BCUT2D eigenvalue weighted by atomic mass is 15.0. The molecule has 126 valence electrons. The van der Waals surface area contributed by atoms with Crippen LogP contribution in [0.2, 0.25) is 0 Å². The van der Waals surface area contributed by atoms with Gasteiger partial charge >= 0.3 is 0 Å². The summed E-state index contributed by atoms with van der Waals surface area (Å²) in [6, 6.07) is 15.9. The van der Waals surface area contributed by atoms with Crippen LogP contribution in [0.1, 0.15) is 48.2 Å². The first-order valence-electron chi connectivity index (χ1n) is 9.52. The molecule has 1 heterocycles. The van der Waals surface area contributed by atoms with Gasteiger partial charge in [0.1, 0.15) is 0 Å². The lowest BCUT2D eigenvalue weighted by atomic mass is 9.80. The molecule has 0 fully saturated rings. The standard InChI is InChI=1S/C24H25N/c1-15-11-12-17-7-6-9-18(20(17)13-15)23-16(2)14-22-24(23)19-8-4-5-10-21(19)25(22)3/h4-10,15H,11-14H2,1-3H3. The predicted octanol–water partition coefficient (Wildman–Crippen LogP) is 5.68. The van der Waals surface area contributed by atoms with Gasteiger partial charge in [0.15, 0.2) is 0 Å². The first kappa shape index (κ1) is 15.0. The minimum Gasteiger partial charge on any atom is -0.347 e. The van der Waals surface area contributed by atoms with Crippen LogP contribution in [-0.2, 0) is 26.3 Å². The van der Waals surface area contributed by atoms with Crippen molar-refractivity contribution in [2.75, 3.05) is 0 Å². The summed E-state index contributed by atoms with van der Waals surface area (Å²) in [4.78, 5) is 0. The Morgan fingerprint density at radius 3 is 2.76 bits per heavy atom. The number of para-hydroxylation sites is 1. The van der Waals surface area contributed by atoms with E-state index in [9.17, 15) is 0 Å². The SMILES string of the molecule is CC1=C(c2cccc3c2CC(C)CC3)c2c(n(C)c3ccccc23)C1. The quantitative estimate of drug-likeness (QED) is 0.542. The molecule has 0 bridgehead atoms. The van der Waals surface area contributed by atoms with Crippen LogP contribution in [0.25, 0.3) is 16.5 Å². The van der Waals surface area contributed by atoms with E-state index in [4.69, 9.17) is 0 Å². The second kappa shape index (κ2) is 5.36. The van der Waals surface area contributed by atoms with Gasteiger partial charge in [0, 0.05) is 35.6 Å². The highest BCUT2D eigenvalue weighted by Crippen LogP contribution is 2.45. The zero-order valence-corrected chi connectivity index (χ0v) is 15.4. The molecule has 25 heavy (non-hydrogen) atoms. The average molecular weight is 327 g/mol. The molecular formula is C24H25N. The Labute approximate surface area is 150 Å². The van der Waals surface area contributed by atoms with Crippen molar-refractivity contribution >= 4 is 16.5 Å². The van der Waals surface area contributed by atoms with Crippen molar-refractivity contribution in [1.29, 1.82) is 0 Å². The van der Waals surface area contributed by atoms with E-state index in [0.29, 0.717) is 0 Å². The van der Waals surface area contributed by atoms with Gasteiger partial charge < -0.3 is 4.57 Å². The normalized spacial score (nSPS) is 19.4. The Balaban J connectivity index is 1.79. The molecule has 0 amide bonds. The van der Waals surface area contributed by atoms with Crippen LogP contribution < -0.4 is 0 Å². The summed E-state index contributed by atoms with van der Waals surface area (Å²) in [6.07, 6.45) is 4.87. The maximum atomic E-state index is 2.40. The molecule has 0 aliphatic heterocycles. The third-order valence-corrected chi connectivity index (χ3v) is 6.34. The lowest BCUT2D eigenvalue weighted by Crippen LogP contribution is -2.13. The van der Waals surface area contributed by atoms with Crippen molar-refractivity contribution in [3.8, 4) is 0 Å². The summed E-state index contributed by atoms with van der Waals surface area (Å²) in [5, 5.41) is 1.41. The topological polar surface area (TPSA) is 4.93 Å². The number of allylic oxidation sites excluding steroid dienone is 1. The maximum absolute atomic E-state index is 2.40. The Morgan fingerprint density at radius 1 is 1.04 bits per heavy atom. The first-order chi connectivity index (χ1) is 12.1. The number of fused-ring (bicyclic) bond motifs is 4. The van der Waals surface area contributed by atoms with Crippen LogP contribution in [0.15, 0.2) is 48.0 Å². The van der Waals surface area contributed by atoms with Gasteiger partial charge in [-0.05, 0) is 60.4 Å². The molecule has 1 aromatic heterocycles. The molecule has 2 aliphatic carbocycles. The fourth-order valence-corrected chi connectivity index (χ4v) is 5.05. The Kier molecular flexibility index (Phi) is 3.22. The molecule has 1 heteroatoms. The van der Waals surface area contributed by atoms with E-state index in [1.165, 1.54) is 58.1 Å². The molecule has 0 saturated heterocycles. The molecule has 0 saturated carbocycles. The Hall–Kier alpha value is -2.28. The van der Waals surface area contributed by atoms with Crippen LogP contribution in [0.3, 0.4) is 0 Å². The Morgan fingerprint density at radius 2 is 1.88 bits per heavy atom. The van der Waals surface area contributed by atoms with Crippen LogP contribution >= 0.6 is 0 Å². The molecule has 2 aromatic carbocycles. The summed E-state index contributed by atoms with van der Waals surface area (Å²) >= 11 is 0. The van der Waals surface area contributed by atoms with Crippen LogP contribution in [0.4, 0.5) is 0 Å². The first-order valence-corrected chi connectivity index (χ1v) is 9.52. The van der Waals surface area contributed by atoms with Gasteiger partial charge in [-0.25, -0.2) is 0 Å². The molecular weight excluding hydrogens is 302 g/mol. The van der Waals surface area contributed by atoms with Crippen LogP contribution in [-0.4, -0.2) is 4.57 Å². The van der Waals surface area contributed by atoms with Gasteiger partial charge in [0.2, 0.25) is 0 Å². The molecule has 3 aromatic rings. The number of benzene rings is 2. The summed E-state index contributed by atoms with van der Waals surface area (Å²) in [5.41, 5.74) is 12.0. The van der Waals surface area contributed by atoms with Gasteiger partial charge in [-0.1, -0.05) is 48.9 Å². The third-order valence-electron chi connectivity index (χ3n) is 6.34. The number of aryl methyl sites for hydroxylation is 2. The van der Waals surface area contributed by atoms with Crippen molar-refractivity contribution in [3.05, 3.63) is 76.0 Å². The van der Waals surface area contributed by atoms with Gasteiger partial charge in [0.05, 0.1) is 0 Å². The van der Waals surface area contributed by atoms with E-state index in [1.54, 1.807) is 11.1 Å². The molecule has 5 rings (SSSR count). The fourth-order valence-electron chi connectivity index (χ4n) is 5.05. The molecule has 0 spiro atoms. The third kappa shape index (κ3) is 2.08. The number of hydrogen-bond acceptors (Lipinski definition) is 0. The van der Waals surface area contributed by atoms with Gasteiger partial charge in [0.25, 0.3) is 0 Å². The molecule has 0 radical (unpaired) electrons. The molecule has 2 aliphatic rings. The summed E-state index contributed by atoms with van der Waals surface area (Å²) in [5.74, 6) is 0.794. The van der Waals surface area contributed by atoms with Crippen molar-refractivity contribution < 1.29 is 0 Å². The zero-order valence-electron chi connectivity index (χ0n) is 15.4. The number of rotatable bonds is 1. The smallest absolute Gasteiger partial charge is 0.0486 e. The monoisotopic (exact) mass is 327 g/mol. The van der Waals surface area contributed by atoms with Crippen LogP contribution in [0, 0.1) is 5.92 Å². The van der Waals surface area contributed by atoms with Crippen LogP contribution in [0.5, 0.6) is 0 Å². The van der Waals surface area contributed by atoms with Gasteiger partial charge in [-0.3, -0.25) is 0 Å². The maximum Gasteiger partial charge on any atom is 0.0486 e. The van der Waals surface area contributed by atoms with E-state index in [0.717, 1.165) is 12.3 Å². The van der Waals surface area contributed by atoms with Crippen molar-refractivity contribution in [3.63, 3.8) is 0 Å². The fraction of sp³-hybridized carbons (Fsp3) is 0.333. The van der Waals surface area contributed by atoms with Gasteiger partial charge in [-0.2, -0.15) is 0 Å².